The van der Waals surface area contributed by atoms with E-state index in [9.17, 15) is 13.2 Å². The molecule has 32 heavy (non-hydrogen) atoms. The minimum atomic E-state index is -1.44. The molecule has 0 nitrogen and oxygen atoms in total. The van der Waals surface area contributed by atoms with Gasteiger partial charge in [0.25, 0.3) is 0 Å². The number of halogens is 3. The Morgan fingerprint density at radius 3 is 1.56 bits per heavy atom. The first kappa shape index (κ1) is 22.6. The maximum absolute atomic E-state index is 13.5. The van der Waals surface area contributed by atoms with E-state index in [-0.39, 0.29) is 0 Å². The second-order valence-corrected chi connectivity index (χ2v) is 9.24. The molecule has 1 aliphatic carbocycles. The van der Waals surface area contributed by atoms with E-state index in [1.807, 2.05) is 24.3 Å². The van der Waals surface area contributed by atoms with Crippen molar-refractivity contribution in [2.45, 2.75) is 58.3 Å². The molecule has 1 aliphatic rings. The summed E-state index contributed by atoms with van der Waals surface area (Å²) in [5.41, 5.74) is 4.50. The molecule has 3 heteroatoms. The highest BCUT2D eigenvalue weighted by molar-refractivity contribution is 5.70. The SMILES string of the molecule is CCC[C@H]1CC[C@H](CCc2ccc(-c3ccc(-c4cc(F)c(F)c(F)c4)cc3)cc2)CC1. The van der Waals surface area contributed by atoms with Gasteiger partial charge in [-0.05, 0) is 64.6 Å². The molecule has 0 atom stereocenters. The average molecular weight is 437 g/mol. The molecule has 1 saturated carbocycles. The van der Waals surface area contributed by atoms with Gasteiger partial charge in [-0.2, -0.15) is 0 Å². The lowest BCUT2D eigenvalue weighted by Crippen LogP contribution is -2.15. The van der Waals surface area contributed by atoms with Gasteiger partial charge in [-0.1, -0.05) is 94.0 Å². The van der Waals surface area contributed by atoms with Crippen LogP contribution in [0.5, 0.6) is 0 Å². The molecule has 0 aromatic heterocycles. The smallest absolute Gasteiger partial charge is 0.194 e. The first-order valence-electron chi connectivity index (χ1n) is 11.9. The maximum atomic E-state index is 13.5. The molecular formula is C29H31F3. The molecule has 0 heterocycles. The molecular weight excluding hydrogens is 405 g/mol. The molecule has 0 spiro atoms. The summed E-state index contributed by atoms with van der Waals surface area (Å²) >= 11 is 0. The number of hydrogen-bond acceptors (Lipinski definition) is 0. The third kappa shape index (κ3) is 5.43. The largest absolute Gasteiger partial charge is 0.204 e. The Morgan fingerprint density at radius 1 is 0.625 bits per heavy atom. The third-order valence-corrected chi connectivity index (χ3v) is 6.99. The second-order valence-electron chi connectivity index (χ2n) is 9.24. The van der Waals surface area contributed by atoms with Crippen LogP contribution in [-0.4, -0.2) is 0 Å². The molecule has 0 radical (unpaired) electrons. The van der Waals surface area contributed by atoms with Gasteiger partial charge >= 0.3 is 0 Å². The fourth-order valence-corrected chi connectivity index (χ4v) is 5.03. The number of aryl methyl sites for hydroxylation is 1. The number of rotatable bonds is 7. The lowest BCUT2D eigenvalue weighted by molar-refractivity contribution is 0.252. The van der Waals surface area contributed by atoms with Crippen LogP contribution in [0, 0.1) is 29.3 Å². The normalized spacial score (nSPS) is 18.6. The zero-order valence-corrected chi connectivity index (χ0v) is 18.7. The van der Waals surface area contributed by atoms with Crippen LogP contribution in [0.1, 0.15) is 57.4 Å². The Morgan fingerprint density at radius 2 is 1.06 bits per heavy atom. The third-order valence-electron chi connectivity index (χ3n) is 6.99. The molecule has 3 aromatic carbocycles. The van der Waals surface area contributed by atoms with Crippen LogP contribution in [0.3, 0.4) is 0 Å². The van der Waals surface area contributed by atoms with E-state index < -0.39 is 17.5 Å². The number of hydrogen-bond donors (Lipinski definition) is 0. The average Bonchev–Trinajstić information content (AvgIpc) is 2.82. The summed E-state index contributed by atoms with van der Waals surface area (Å²) in [6.45, 7) is 2.29. The van der Waals surface area contributed by atoms with E-state index in [1.54, 1.807) is 0 Å². The van der Waals surface area contributed by atoms with Gasteiger partial charge in [0.2, 0.25) is 0 Å². The highest BCUT2D eigenvalue weighted by atomic mass is 19.2. The maximum Gasteiger partial charge on any atom is 0.194 e. The molecule has 0 unspecified atom stereocenters. The lowest BCUT2D eigenvalue weighted by atomic mass is 9.78. The van der Waals surface area contributed by atoms with Crippen molar-refractivity contribution in [3.63, 3.8) is 0 Å². The van der Waals surface area contributed by atoms with Crippen LogP contribution in [0.4, 0.5) is 13.2 Å². The van der Waals surface area contributed by atoms with E-state index >= 15 is 0 Å². The minimum absolute atomic E-state index is 0.326. The molecule has 0 saturated heterocycles. The molecule has 0 N–H and O–H groups in total. The molecule has 0 amide bonds. The summed E-state index contributed by atoms with van der Waals surface area (Å²) in [5.74, 6) is -1.95. The van der Waals surface area contributed by atoms with Crippen LogP contribution in [-0.2, 0) is 6.42 Å². The predicted molar refractivity (Wildman–Crippen MR) is 126 cm³/mol. The first-order valence-corrected chi connectivity index (χ1v) is 11.9. The van der Waals surface area contributed by atoms with E-state index in [2.05, 4.69) is 31.2 Å². The zero-order valence-electron chi connectivity index (χ0n) is 18.7. The quantitative estimate of drug-likeness (QED) is 0.324. The summed E-state index contributed by atoms with van der Waals surface area (Å²) in [6, 6.07) is 18.2. The van der Waals surface area contributed by atoms with Crippen molar-refractivity contribution in [2.75, 3.05) is 0 Å². The van der Waals surface area contributed by atoms with Crippen LogP contribution in [0.25, 0.3) is 22.3 Å². The van der Waals surface area contributed by atoms with Gasteiger partial charge in [0, 0.05) is 0 Å². The first-order chi connectivity index (χ1) is 15.5. The summed E-state index contributed by atoms with van der Waals surface area (Å²) < 4.78 is 40.2. The fourth-order valence-electron chi connectivity index (χ4n) is 5.03. The molecule has 0 bridgehead atoms. The molecule has 0 aliphatic heterocycles. The van der Waals surface area contributed by atoms with Crippen molar-refractivity contribution in [1.82, 2.24) is 0 Å². The fraction of sp³-hybridized carbons (Fsp3) is 0.379. The van der Waals surface area contributed by atoms with Crippen LogP contribution >= 0.6 is 0 Å². The Hall–Kier alpha value is -2.55. The van der Waals surface area contributed by atoms with Crippen LogP contribution < -0.4 is 0 Å². The van der Waals surface area contributed by atoms with Crippen molar-refractivity contribution in [1.29, 1.82) is 0 Å². The zero-order chi connectivity index (χ0) is 22.5. The Kier molecular flexibility index (Phi) is 7.34. The summed E-state index contributed by atoms with van der Waals surface area (Å²) in [5, 5.41) is 0. The van der Waals surface area contributed by atoms with Gasteiger partial charge in [0.1, 0.15) is 0 Å². The molecule has 4 rings (SSSR count). The van der Waals surface area contributed by atoms with Crippen LogP contribution in [0.2, 0.25) is 0 Å². The van der Waals surface area contributed by atoms with Gasteiger partial charge in [-0.15, -0.1) is 0 Å². The van der Waals surface area contributed by atoms with Crippen molar-refractivity contribution in [3.8, 4) is 22.3 Å². The van der Waals surface area contributed by atoms with Gasteiger partial charge < -0.3 is 0 Å². The van der Waals surface area contributed by atoms with Gasteiger partial charge in [0.05, 0.1) is 0 Å². The van der Waals surface area contributed by atoms with Crippen molar-refractivity contribution in [3.05, 3.63) is 83.7 Å². The van der Waals surface area contributed by atoms with E-state index in [0.29, 0.717) is 11.1 Å². The molecule has 1 fully saturated rings. The topological polar surface area (TPSA) is 0 Å². The summed E-state index contributed by atoms with van der Waals surface area (Å²) in [4.78, 5) is 0. The number of benzene rings is 3. The summed E-state index contributed by atoms with van der Waals surface area (Å²) in [6.07, 6.45) is 10.7. The Balaban J connectivity index is 1.35. The monoisotopic (exact) mass is 436 g/mol. The Labute approximate surface area is 189 Å². The lowest BCUT2D eigenvalue weighted by Gasteiger charge is -2.28. The summed E-state index contributed by atoms with van der Waals surface area (Å²) in [7, 11) is 0. The second kappa shape index (κ2) is 10.4. The van der Waals surface area contributed by atoms with E-state index in [4.69, 9.17) is 0 Å². The van der Waals surface area contributed by atoms with Gasteiger partial charge in [-0.25, -0.2) is 13.2 Å². The van der Waals surface area contributed by atoms with Gasteiger partial charge in [-0.3, -0.25) is 0 Å². The predicted octanol–water partition coefficient (Wildman–Crippen LogP) is 8.98. The Bertz CT molecular complexity index is 990. The molecule has 168 valence electrons. The van der Waals surface area contributed by atoms with E-state index in [1.165, 1.54) is 50.5 Å². The molecule has 3 aromatic rings. The van der Waals surface area contributed by atoms with E-state index in [0.717, 1.165) is 41.5 Å². The van der Waals surface area contributed by atoms with Crippen molar-refractivity contribution >= 4 is 0 Å². The van der Waals surface area contributed by atoms with Crippen molar-refractivity contribution < 1.29 is 13.2 Å². The highest BCUT2D eigenvalue weighted by Gasteiger charge is 2.20. The minimum Gasteiger partial charge on any atom is -0.204 e. The van der Waals surface area contributed by atoms with Gasteiger partial charge in [0.15, 0.2) is 17.5 Å². The van der Waals surface area contributed by atoms with Crippen molar-refractivity contribution in [2.24, 2.45) is 11.8 Å². The highest BCUT2D eigenvalue weighted by Crippen LogP contribution is 2.34. The van der Waals surface area contributed by atoms with Crippen LogP contribution in [0.15, 0.2) is 60.7 Å². The standard InChI is InChI=1S/C29H31F3/c1-2-3-20-4-6-21(7-5-20)8-9-22-10-12-23(13-11-22)24-14-16-25(17-15-24)26-18-27(30)29(32)28(31)19-26/h10-21H,2-9H2,1H3/t20-,21-.